The molecule has 0 saturated carbocycles. The van der Waals surface area contributed by atoms with Crippen LogP contribution in [0.25, 0.3) is 0 Å². The second-order valence-electron chi connectivity index (χ2n) is 8.22. The summed E-state index contributed by atoms with van der Waals surface area (Å²) in [6.45, 7) is 2.13. The molecule has 7 heteroatoms. The number of piperidine rings is 2. The summed E-state index contributed by atoms with van der Waals surface area (Å²) in [7, 11) is 0. The molecule has 0 unspecified atom stereocenters. The average Bonchev–Trinajstić information content (AvgIpc) is 3.42. The molecule has 2 aromatic rings. The number of H-pyrrole nitrogens is 1. The Kier molecular flexibility index (Phi) is 4.45. The van der Waals surface area contributed by atoms with Crippen molar-refractivity contribution >= 4 is 11.8 Å². The van der Waals surface area contributed by atoms with E-state index in [-0.39, 0.29) is 17.9 Å². The van der Waals surface area contributed by atoms with Crippen molar-refractivity contribution in [3.63, 3.8) is 0 Å². The third kappa shape index (κ3) is 2.93. The second kappa shape index (κ2) is 7.11. The van der Waals surface area contributed by atoms with Gasteiger partial charge in [-0.25, -0.2) is 0 Å². The lowest BCUT2D eigenvalue weighted by Gasteiger charge is -2.47. The van der Waals surface area contributed by atoms with Crippen LogP contribution in [-0.4, -0.2) is 57.5 Å². The minimum absolute atomic E-state index is 0.0479. The molecule has 28 heavy (non-hydrogen) atoms. The van der Waals surface area contributed by atoms with Gasteiger partial charge in [-0.2, -0.15) is 5.10 Å². The van der Waals surface area contributed by atoms with E-state index in [2.05, 4.69) is 10.2 Å². The van der Waals surface area contributed by atoms with E-state index in [0.717, 1.165) is 62.7 Å². The first-order chi connectivity index (χ1) is 13.7. The Morgan fingerprint density at radius 2 is 2.00 bits per heavy atom. The predicted molar refractivity (Wildman–Crippen MR) is 102 cm³/mol. The molecular weight excluding hydrogens is 356 g/mol. The van der Waals surface area contributed by atoms with Gasteiger partial charge in [0.15, 0.2) is 11.5 Å². The monoisotopic (exact) mass is 382 g/mol. The van der Waals surface area contributed by atoms with Crippen molar-refractivity contribution < 1.29 is 14.0 Å². The predicted octanol–water partition coefficient (Wildman–Crippen LogP) is 2.65. The van der Waals surface area contributed by atoms with Gasteiger partial charge < -0.3 is 14.2 Å². The molecule has 148 valence electrons. The van der Waals surface area contributed by atoms with Crippen LogP contribution >= 0.6 is 0 Å². The smallest absolute Gasteiger partial charge is 0.289 e. The summed E-state index contributed by atoms with van der Waals surface area (Å²) in [6.07, 6.45) is 8.60. The highest BCUT2D eigenvalue weighted by atomic mass is 16.3. The van der Waals surface area contributed by atoms with Gasteiger partial charge in [-0.05, 0) is 63.0 Å². The van der Waals surface area contributed by atoms with Gasteiger partial charge in [0.1, 0.15) is 0 Å². The number of hydrogen-bond acceptors (Lipinski definition) is 4. The third-order valence-electron chi connectivity index (χ3n) is 6.61. The number of aryl methyl sites for hydroxylation is 1. The van der Waals surface area contributed by atoms with E-state index < -0.39 is 0 Å². The highest BCUT2D eigenvalue weighted by molar-refractivity contribution is 5.94. The summed E-state index contributed by atoms with van der Waals surface area (Å²) in [5.41, 5.74) is 2.90. The number of likely N-dealkylation sites (tertiary alicyclic amines) is 2. The summed E-state index contributed by atoms with van der Waals surface area (Å²) >= 11 is 0. The van der Waals surface area contributed by atoms with Crippen LogP contribution in [0.1, 0.15) is 64.4 Å². The summed E-state index contributed by atoms with van der Waals surface area (Å²) < 4.78 is 5.28. The highest BCUT2D eigenvalue weighted by Gasteiger charge is 2.41. The van der Waals surface area contributed by atoms with Crippen LogP contribution in [0.4, 0.5) is 0 Å². The molecule has 5 rings (SSSR count). The first-order valence-corrected chi connectivity index (χ1v) is 10.4. The number of carbonyl (C=O) groups excluding carboxylic acids is 2. The van der Waals surface area contributed by atoms with Crippen LogP contribution in [0.5, 0.6) is 0 Å². The van der Waals surface area contributed by atoms with Gasteiger partial charge in [-0.3, -0.25) is 14.7 Å². The van der Waals surface area contributed by atoms with Crippen LogP contribution < -0.4 is 0 Å². The van der Waals surface area contributed by atoms with Crippen molar-refractivity contribution in [3.05, 3.63) is 41.1 Å². The van der Waals surface area contributed by atoms with Crippen LogP contribution in [0, 0.1) is 5.92 Å². The second-order valence-corrected chi connectivity index (χ2v) is 8.22. The van der Waals surface area contributed by atoms with Crippen molar-refractivity contribution in [2.75, 3.05) is 19.6 Å². The van der Waals surface area contributed by atoms with E-state index in [0.29, 0.717) is 30.5 Å². The molecule has 2 aromatic heterocycles. The zero-order valence-electron chi connectivity index (χ0n) is 16.0. The van der Waals surface area contributed by atoms with Crippen molar-refractivity contribution in [2.24, 2.45) is 5.92 Å². The standard InChI is InChI=1S/C21H26N4O3/c26-20(18-8-4-12-28-18)24-11-9-17-14(13-24)5-3-10-25(17)21(27)19-15-6-1-2-7-16(15)22-23-19/h4,8,12,14,17H,1-3,5-7,9-11,13H2,(H,22,23)/t14-,17+/m1/s1. The fourth-order valence-electron chi connectivity index (χ4n) is 5.19. The third-order valence-corrected chi connectivity index (χ3v) is 6.61. The zero-order chi connectivity index (χ0) is 19.1. The number of aromatic nitrogens is 2. The van der Waals surface area contributed by atoms with Gasteiger partial charge in [-0.15, -0.1) is 0 Å². The molecule has 1 N–H and O–H groups in total. The molecule has 7 nitrogen and oxygen atoms in total. The Hall–Kier alpha value is -2.57. The number of rotatable bonds is 2. The molecule has 2 aliphatic heterocycles. The lowest BCUT2D eigenvalue weighted by molar-refractivity contribution is 0.0183. The van der Waals surface area contributed by atoms with Gasteiger partial charge in [0.25, 0.3) is 11.8 Å². The number of aromatic amines is 1. The topological polar surface area (TPSA) is 82.4 Å². The Labute approximate surface area is 164 Å². The number of hydrogen-bond donors (Lipinski definition) is 1. The number of nitrogens with one attached hydrogen (secondary N) is 1. The number of nitrogens with zero attached hydrogens (tertiary/aromatic N) is 3. The number of fused-ring (bicyclic) bond motifs is 2. The van der Waals surface area contributed by atoms with E-state index in [1.54, 1.807) is 12.1 Å². The normalized spacial score (nSPS) is 24.6. The van der Waals surface area contributed by atoms with Crippen LogP contribution in [0.3, 0.4) is 0 Å². The quantitative estimate of drug-likeness (QED) is 0.866. The Morgan fingerprint density at radius 3 is 2.86 bits per heavy atom. The van der Waals surface area contributed by atoms with E-state index in [9.17, 15) is 9.59 Å². The Bertz CT molecular complexity index is 872. The van der Waals surface area contributed by atoms with E-state index in [1.165, 1.54) is 6.26 Å². The number of amides is 2. The van der Waals surface area contributed by atoms with E-state index >= 15 is 0 Å². The minimum Gasteiger partial charge on any atom is -0.459 e. The van der Waals surface area contributed by atoms with Gasteiger partial charge in [0, 0.05) is 36.9 Å². The maximum absolute atomic E-state index is 13.3. The molecule has 0 radical (unpaired) electrons. The number of carbonyl (C=O) groups is 2. The van der Waals surface area contributed by atoms with Crippen LogP contribution in [0.15, 0.2) is 22.8 Å². The van der Waals surface area contributed by atoms with Gasteiger partial charge in [0.05, 0.1) is 6.26 Å². The SMILES string of the molecule is O=C(c1ccco1)N1CC[C@H]2[C@H](CCCN2C(=O)c2n[nH]c3c2CCCC3)C1. The lowest BCUT2D eigenvalue weighted by Crippen LogP contribution is -2.56. The molecule has 3 aliphatic rings. The molecular formula is C21H26N4O3. The maximum atomic E-state index is 13.3. The van der Waals surface area contributed by atoms with Crippen LogP contribution in [-0.2, 0) is 12.8 Å². The van der Waals surface area contributed by atoms with Gasteiger partial charge in [0.2, 0.25) is 0 Å². The van der Waals surface area contributed by atoms with Crippen molar-refractivity contribution in [1.82, 2.24) is 20.0 Å². The van der Waals surface area contributed by atoms with Gasteiger partial charge in [-0.1, -0.05) is 0 Å². The molecule has 2 atom stereocenters. The maximum Gasteiger partial charge on any atom is 0.289 e. The molecule has 0 aromatic carbocycles. The first kappa shape index (κ1) is 17.5. The largest absolute Gasteiger partial charge is 0.459 e. The summed E-state index contributed by atoms with van der Waals surface area (Å²) in [5.74, 6) is 0.735. The molecule has 0 spiro atoms. The first-order valence-electron chi connectivity index (χ1n) is 10.4. The van der Waals surface area contributed by atoms with E-state index in [1.807, 2.05) is 9.80 Å². The highest BCUT2D eigenvalue weighted by Crippen LogP contribution is 2.33. The summed E-state index contributed by atoms with van der Waals surface area (Å²) in [6, 6.07) is 3.65. The Morgan fingerprint density at radius 1 is 1.11 bits per heavy atom. The lowest BCUT2D eigenvalue weighted by atomic mass is 9.83. The van der Waals surface area contributed by atoms with Crippen molar-refractivity contribution in [1.29, 1.82) is 0 Å². The molecule has 2 amide bonds. The Balaban J connectivity index is 1.32. The minimum atomic E-state index is -0.0479. The number of furan rings is 1. The van der Waals surface area contributed by atoms with E-state index in [4.69, 9.17) is 4.42 Å². The molecule has 1 aliphatic carbocycles. The van der Waals surface area contributed by atoms with Gasteiger partial charge >= 0.3 is 0 Å². The molecule has 2 fully saturated rings. The zero-order valence-corrected chi connectivity index (χ0v) is 16.0. The molecule has 4 heterocycles. The fraction of sp³-hybridized carbons (Fsp3) is 0.571. The molecule has 2 saturated heterocycles. The van der Waals surface area contributed by atoms with Crippen LogP contribution in [0.2, 0.25) is 0 Å². The van der Waals surface area contributed by atoms with Crippen molar-refractivity contribution in [3.8, 4) is 0 Å². The fourth-order valence-corrected chi connectivity index (χ4v) is 5.19. The summed E-state index contributed by atoms with van der Waals surface area (Å²) in [4.78, 5) is 29.9. The summed E-state index contributed by atoms with van der Waals surface area (Å²) in [5, 5.41) is 7.49. The van der Waals surface area contributed by atoms with Crippen molar-refractivity contribution in [2.45, 2.75) is 51.0 Å². The average molecular weight is 382 g/mol. The molecule has 0 bridgehead atoms.